The second-order valence-corrected chi connectivity index (χ2v) is 9.19. The van der Waals surface area contributed by atoms with Crippen LogP contribution in [0.15, 0.2) is 54.6 Å². The largest absolute Gasteiger partial charge is 0.495 e. The summed E-state index contributed by atoms with van der Waals surface area (Å²) in [6.45, 7) is 2.70. The van der Waals surface area contributed by atoms with Crippen molar-refractivity contribution in [3.05, 3.63) is 60.2 Å². The standard InChI is InChI=1S/C23H24N2O5S/c1-3-30-21-11-9-16-7-4-5-8-18(16)22(21)23(26)24-19-15-17(10-12-20(19)29-2)25-13-6-14-31(25,27)28/h4-5,7-12,15H,3,6,13-14H2,1-2H3,(H,24,26). The van der Waals surface area contributed by atoms with Crippen LogP contribution >= 0.6 is 0 Å². The molecule has 1 N–H and O–H groups in total. The van der Waals surface area contributed by atoms with E-state index in [9.17, 15) is 13.2 Å². The maximum absolute atomic E-state index is 13.4. The minimum atomic E-state index is -3.34. The van der Waals surface area contributed by atoms with Crippen LogP contribution in [-0.4, -0.2) is 40.3 Å². The number of amides is 1. The molecule has 0 atom stereocenters. The van der Waals surface area contributed by atoms with Crippen molar-refractivity contribution >= 4 is 38.1 Å². The van der Waals surface area contributed by atoms with Crippen LogP contribution in [0.1, 0.15) is 23.7 Å². The van der Waals surface area contributed by atoms with Crippen molar-refractivity contribution in [1.82, 2.24) is 0 Å². The molecular formula is C23H24N2O5S. The number of benzene rings is 3. The normalized spacial score (nSPS) is 15.1. The highest BCUT2D eigenvalue weighted by Crippen LogP contribution is 2.35. The van der Waals surface area contributed by atoms with E-state index in [0.29, 0.717) is 48.0 Å². The SMILES string of the molecule is CCOc1ccc2ccccc2c1C(=O)Nc1cc(N2CCCS2(=O)=O)ccc1OC. The molecule has 3 aromatic carbocycles. The molecule has 162 valence electrons. The Kier molecular flexibility index (Phi) is 5.73. The van der Waals surface area contributed by atoms with Gasteiger partial charge >= 0.3 is 0 Å². The van der Waals surface area contributed by atoms with Crippen molar-refractivity contribution in [3.63, 3.8) is 0 Å². The van der Waals surface area contributed by atoms with E-state index in [1.165, 1.54) is 11.4 Å². The van der Waals surface area contributed by atoms with E-state index in [2.05, 4.69) is 5.32 Å². The molecule has 1 aliphatic heterocycles. The number of sulfonamides is 1. The van der Waals surface area contributed by atoms with E-state index in [1.54, 1.807) is 24.3 Å². The first-order valence-corrected chi connectivity index (χ1v) is 11.7. The molecule has 31 heavy (non-hydrogen) atoms. The van der Waals surface area contributed by atoms with Gasteiger partial charge in [0.05, 0.1) is 36.4 Å². The van der Waals surface area contributed by atoms with Crippen molar-refractivity contribution in [2.75, 3.05) is 35.6 Å². The van der Waals surface area contributed by atoms with Gasteiger partial charge in [0.25, 0.3) is 5.91 Å². The minimum Gasteiger partial charge on any atom is -0.495 e. The van der Waals surface area contributed by atoms with Gasteiger partial charge in [-0.2, -0.15) is 0 Å². The fourth-order valence-corrected chi connectivity index (χ4v) is 5.38. The zero-order valence-corrected chi connectivity index (χ0v) is 18.2. The minimum absolute atomic E-state index is 0.119. The Hall–Kier alpha value is -3.26. The molecule has 0 saturated carbocycles. The molecular weight excluding hydrogens is 416 g/mol. The van der Waals surface area contributed by atoms with Crippen LogP contribution in [0, 0.1) is 0 Å². The molecule has 1 saturated heterocycles. The average molecular weight is 441 g/mol. The van der Waals surface area contributed by atoms with E-state index >= 15 is 0 Å². The number of anilines is 2. The number of hydrogen-bond donors (Lipinski definition) is 1. The number of fused-ring (bicyclic) bond motifs is 1. The van der Waals surface area contributed by atoms with Crippen LogP contribution in [0.5, 0.6) is 11.5 Å². The summed E-state index contributed by atoms with van der Waals surface area (Å²) in [5.74, 6) is 0.678. The molecule has 1 amide bonds. The van der Waals surface area contributed by atoms with Crippen LogP contribution in [-0.2, 0) is 10.0 Å². The van der Waals surface area contributed by atoms with E-state index < -0.39 is 10.0 Å². The third-order valence-corrected chi connectivity index (χ3v) is 7.11. The van der Waals surface area contributed by atoms with Crippen molar-refractivity contribution in [1.29, 1.82) is 0 Å². The first kappa shape index (κ1) is 21.0. The number of nitrogens with one attached hydrogen (secondary N) is 1. The van der Waals surface area contributed by atoms with E-state index in [4.69, 9.17) is 9.47 Å². The Bertz CT molecular complexity index is 1240. The number of hydrogen-bond acceptors (Lipinski definition) is 5. The van der Waals surface area contributed by atoms with Crippen LogP contribution in [0.3, 0.4) is 0 Å². The maximum atomic E-state index is 13.4. The molecule has 0 bridgehead atoms. The highest BCUT2D eigenvalue weighted by atomic mass is 32.2. The number of methoxy groups -OCH3 is 1. The Morgan fingerprint density at radius 2 is 1.87 bits per heavy atom. The van der Waals surface area contributed by atoms with Crippen LogP contribution < -0.4 is 19.1 Å². The first-order valence-electron chi connectivity index (χ1n) is 10.1. The lowest BCUT2D eigenvalue weighted by molar-refractivity contribution is 0.102. The summed E-state index contributed by atoms with van der Waals surface area (Å²) in [6, 6.07) is 16.2. The van der Waals surface area contributed by atoms with E-state index in [0.717, 1.165) is 10.8 Å². The highest BCUT2D eigenvalue weighted by molar-refractivity contribution is 7.93. The zero-order chi connectivity index (χ0) is 22.0. The summed E-state index contributed by atoms with van der Waals surface area (Å²) in [7, 11) is -1.84. The van der Waals surface area contributed by atoms with Gasteiger partial charge in [0.2, 0.25) is 10.0 Å². The summed E-state index contributed by atoms with van der Waals surface area (Å²) in [6.07, 6.45) is 0.573. The number of ether oxygens (including phenoxy) is 2. The van der Waals surface area contributed by atoms with Crippen molar-refractivity contribution < 1.29 is 22.7 Å². The lowest BCUT2D eigenvalue weighted by Gasteiger charge is -2.20. The van der Waals surface area contributed by atoms with Crippen molar-refractivity contribution in [3.8, 4) is 11.5 Å². The number of carbonyl (C=O) groups is 1. The molecule has 7 nitrogen and oxygen atoms in total. The molecule has 4 rings (SSSR count). The Labute approximate surface area is 181 Å². The Morgan fingerprint density at radius 3 is 2.58 bits per heavy atom. The Balaban J connectivity index is 1.75. The molecule has 0 radical (unpaired) electrons. The maximum Gasteiger partial charge on any atom is 0.260 e. The third-order valence-electron chi connectivity index (χ3n) is 5.24. The van der Waals surface area contributed by atoms with Crippen LogP contribution in [0.2, 0.25) is 0 Å². The smallest absolute Gasteiger partial charge is 0.260 e. The van der Waals surface area contributed by atoms with Gasteiger partial charge in [-0.1, -0.05) is 30.3 Å². The summed E-state index contributed by atoms with van der Waals surface area (Å²) < 4.78 is 37.1. The van der Waals surface area contributed by atoms with Gasteiger partial charge in [-0.05, 0) is 48.4 Å². The molecule has 0 aliphatic carbocycles. The van der Waals surface area contributed by atoms with Gasteiger partial charge in [0.15, 0.2) is 0 Å². The number of carbonyl (C=O) groups excluding carboxylic acids is 1. The lowest BCUT2D eigenvalue weighted by atomic mass is 10.0. The monoisotopic (exact) mass is 440 g/mol. The second kappa shape index (κ2) is 8.47. The number of rotatable bonds is 6. The molecule has 0 aromatic heterocycles. The molecule has 3 aromatic rings. The molecule has 1 aliphatic rings. The average Bonchev–Trinajstić information content (AvgIpc) is 3.12. The fourth-order valence-electron chi connectivity index (χ4n) is 3.82. The second-order valence-electron chi connectivity index (χ2n) is 7.17. The fraction of sp³-hybridized carbons (Fsp3) is 0.261. The summed E-state index contributed by atoms with van der Waals surface area (Å²) in [5, 5.41) is 4.58. The van der Waals surface area contributed by atoms with Gasteiger partial charge < -0.3 is 14.8 Å². The topological polar surface area (TPSA) is 84.9 Å². The van der Waals surface area contributed by atoms with Gasteiger partial charge in [0.1, 0.15) is 11.5 Å². The first-order chi connectivity index (χ1) is 14.9. The third kappa shape index (κ3) is 4.03. The molecule has 0 spiro atoms. The highest BCUT2D eigenvalue weighted by Gasteiger charge is 2.29. The van der Waals surface area contributed by atoms with Crippen molar-refractivity contribution in [2.24, 2.45) is 0 Å². The summed E-state index contributed by atoms with van der Waals surface area (Å²) >= 11 is 0. The predicted octanol–water partition coefficient (Wildman–Crippen LogP) is 4.04. The van der Waals surface area contributed by atoms with E-state index in [-0.39, 0.29) is 11.7 Å². The zero-order valence-electron chi connectivity index (χ0n) is 17.4. The van der Waals surface area contributed by atoms with Crippen molar-refractivity contribution in [2.45, 2.75) is 13.3 Å². The van der Waals surface area contributed by atoms with Gasteiger partial charge in [0, 0.05) is 6.54 Å². The molecule has 8 heteroatoms. The van der Waals surface area contributed by atoms with Gasteiger partial charge in [-0.25, -0.2) is 8.42 Å². The van der Waals surface area contributed by atoms with Gasteiger partial charge in [-0.15, -0.1) is 0 Å². The quantitative estimate of drug-likeness (QED) is 0.625. The summed E-state index contributed by atoms with van der Waals surface area (Å²) in [5.41, 5.74) is 1.31. The van der Waals surface area contributed by atoms with Crippen LogP contribution in [0.4, 0.5) is 11.4 Å². The molecule has 1 heterocycles. The number of nitrogens with zero attached hydrogens (tertiary/aromatic N) is 1. The predicted molar refractivity (Wildman–Crippen MR) is 122 cm³/mol. The molecule has 0 unspecified atom stereocenters. The Morgan fingerprint density at radius 1 is 1.10 bits per heavy atom. The summed E-state index contributed by atoms with van der Waals surface area (Å²) in [4.78, 5) is 13.4. The van der Waals surface area contributed by atoms with Crippen LogP contribution in [0.25, 0.3) is 10.8 Å². The molecule has 1 fully saturated rings. The van der Waals surface area contributed by atoms with Gasteiger partial charge in [-0.3, -0.25) is 9.10 Å². The lowest BCUT2D eigenvalue weighted by Crippen LogP contribution is -2.25. The van der Waals surface area contributed by atoms with E-state index in [1.807, 2.05) is 37.3 Å².